The van der Waals surface area contributed by atoms with E-state index in [0.717, 1.165) is 49.8 Å². The Balaban J connectivity index is 0.00000132. The number of imidazole rings is 1. The molecule has 4 nitrogen and oxygen atoms in total. The largest absolute Gasteiger partial charge is 0.392 e. The minimum absolute atomic E-state index is 0. The van der Waals surface area contributed by atoms with E-state index in [1.807, 2.05) is 4.57 Å². The first-order chi connectivity index (χ1) is 10.1. The van der Waals surface area contributed by atoms with Crippen LogP contribution in [0.2, 0.25) is 0 Å². The number of nitrogens with one attached hydrogen (secondary N) is 1. The summed E-state index contributed by atoms with van der Waals surface area (Å²) in [5.41, 5.74) is 1.60. The minimum atomic E-state index is -0.270. The second-order valence-corrected chi connectivity index (χ2v) is 6.46. The highest BCUT2D eigenvalue weighted by Crippen LogP contribution is 2.23. The summed E-state index contributed by atoms with van der Waals surface area (Å²) in [6, 6.07) is 3.40. The predicted octanol–water partition coefficient (Wildman–Crippen LogP) is 3.67. The third kappa shape index (κ3) is 4.79. The smallest absolute Gasteiger partial charge is 0.139 e. The van der Waals surface area contributed by atoms with Crippen LogP contribution >= 0.6 is 40.7 Å². The van der Waals surface area contributed by atoms with E-state index in [0.29, 0.717) is 4.47 Å². The first-order valence-corrected chi connectivity index (χ1v) is 8.16. The number of nitrogens with zero attached hydrogens (tertiary/aromatic N) is 2. The van der Waals surface area contributed by atoms with Gasteiger partial charge in [-0.1, -0.05) is 0 Å². The molecular formula is C15H21BrCl2FN3O. The lowest BCUT2D eigenvalue weighted by Crippen LogP contribution is -2.44. The lowest BCUT2D eigenvalue weighted by atomic mass is 9.97. The first kappa shape index (κ1) is 20.6. The van der Waals surface area contributed by atoms with E-state index in [1.165, 1.54) is 6.07 Å². The summed E-state index contributed by atoms with van der Waals surface area (Å²) in [6.07, 6.45) is 5.27. The van der Waals surface area contributed by atoms with Crippen LogP contribution < -0.4 is 5.32 Å². The second-order valence-electron chi connectivity index (χ2n) is 5.61. The van der Waals surface area contributed by atoms with E-state index in [2.05, 4.69) is 26.2 Å². The lowest BCUT2D eigenvalue weighted by Gasteiger charge is -2.29. The molecule has 2 aromatic rings. The fraction of sp³-hybridized carbons (Fsp3) is 0.533. The average molecular weight is 429 g/mol. The quantitative estimate of drug-likeness (QED) is 0.780. The van der Waals surface area contributed by atoms with Crippen LogP contribution in [-0.4, -0.2) is 33.3 Å². The van der Waals surface area contributed by atoms with Crippen molar-refractivity contribution in [2.75, 3.05) is 6.54 Å². The molecular weight excluding hydrogens is 408 g/mol. The Morgan fingerprint density at radius 1 is 1.39 bits per heavy atom. The Hall–Kier alpha value is -0.400. The van der Waals surface area contributed by atoms with Crippen LogP contribution in [0, 0.1) is 5.82 Å². The molecule has 0 aliphatic carbocycles. The Bertz CT molecular complexity index is 640. The van der Waals surface area contributed by atoms with Gasteiger partial charge >= 0.3 is 0 Å². The molecule has 23 heavy (non-hydrogen) atoms. The third-order valence-corrected chi connectivity index (χ3v) is 4.73. The topological polar surface area (TPSA) is 50.1 Å². The summed E-state index contributed by atoms with van der Waals surface area (Å²) in [7, 11) is 0. The van der Waals surface area contributed by atoms with E-state index in [9.17, 15) is 9.50 Å². The lowest BCUT2D eigenvalue weighted by molar-refractivity contribution is 0.0909. The van der Waals surface area contributed by atoms with Crippen molar-refractivity contribution in [1.29, 1.82) is 0 Å². The van der Waals surface area contributed by atoms with Crippen molar-refractivity contribution in [3.63, 3.8) is 0 Å². The predicted molar refractivity (Wildman–Crippen MR) is 98.2 cm³/mol. The molecule has 1 aromatic carbocycles. The molecule has 0 bridgehead atoms. The maximum Gasteiger partial charge on any atom is 0.139 e. The van der Waals surface area contributed by atoms with Crippen LogP contribution in [0.3, 0.4) is 0 Å². The van der Waals surface area contributed by atoms with E-state index >= 15 is 0 Å². The van der Waals surface area contributed by atoms with Gasteiger partial charge in [0.25, 0.3) is 0 Å². The number of piperidine rings is 1. The monoisotopic (exact) mass is 427 g/mol. The van der Waals surface area contributed by atoms with Crippen LogP contribution in [0.1, 0.15) is 25.7 Å². The van der Waals surface area contributed by atoms with E-state index < -0.39 is 0 Å². The number of aliphatic hydroxyl groups excluding tert-OH is 1. The van der Waals surface area contributed by atoms with Gasteiger partial charge in [-0.2, -0.15) is 0 Å². The highest BCUT2D eigenvalue weighted by molar-refractivity contribution is 9.10. The van der Waals surface area contributed by atoms with Gasteiger partial charge < -0.3 is 15.0 Å². The molecule has 1 saturated heterocycles. The molecule has 0 spiro atoms. The van der Waals surface area contributed by atoms with E-state index in [4.69, 9.17) is 0 Å². The van der Waals surface area contributed by atoms with E-state index in [-0.39, 0.29) is 42.8 Å². The molecule has 1 fully saturated rings. The molecule has 1 aliphatic rings. The second kappa shape index (κ2) is 9.18. The molecule has 8 heteroatoms. The molecule has 0 amide bonds. The number of hydrogen-bond acceptors (Lipinski definition) is 3. The molecule has 0 saturated carbocycles. The SMILES string of the molecule is Cl.Cl.O[C@H]1CCCN[C@@H]1CCCn1cnc2cc(Br)c(F)cc21. The maximum atomic E-state index is 13.6. The zero-order chi connectivity index (χ0) is 14.8. The Labute approximate surface area is 155 Å². The van der Waals surface area contributed by atoms with Crippen molar-refractivity contribution >= 4 is 51.8 Å². The van der Waals surface area contributed by atoms with Crippen molar-refractivity contribution in [2.45, 2.75) is 44.4 Å². The van der Waals surface area contributed by atoms with Crippen molar-refractivity contribution in [3.8, 4) is 0 Å². The number of rotatable bonds is 4. The fourth-order valence-corrected chi connectivity index (χ4v) is 3.27. The van der Waals surface area contributed by atoms with Crippen LogP contribution in [0.4, 0.5) is 4.39 Å². The number of aromatic nitrogens is 2. The van der Waals surface area contributed by atoms with Crippen LogP contribution in [0.5, 0.6) is 0 Å². The first-order valence-electron chi connectivity index (χ1n) is 7.36. The van der Waals surface area contributed by atoms with Gasteiger partial charge in [0, 0.05) is 18.7 Å². The molecule has 0 radical (unpaired) electrons. The van der Waals surface area contributed by atoms with Crippen molar-refractivity contribution in [1.82, 2.24) is 14.9 Å². The van der Waals surface area contributed by atoms with Crippen molar-refractivity contribution in [2.24, 2.45) is 0 Å². The standard InChI is InChI=1S/C15H19BrFN3O.2ClH/c16-10-7-13-14(8-11(10)17)20(9-19-13)6-2-3-12-15(21)4-1-5-18-12;;/h7-9,12,15,18,21H,1-6H2;2*1H/t12-,15+;;/m1../s1. The fourth-order valence-electron chi connectivity index (χ4n) is 2.94. The number of fused-ring (bicyclic) bond motifs is 1. The molecule has 3 rings (SSSR count). The summed E-state index contributed by atoms with van der Waals surface area (Å²) >= 11 is 3.18. The maximum absolute atomic E-state index is 13.6. The summed E-state index contributed by atoms with van der Waals surface area (Å²) in [5, 5.41) is 13.3. The van der Waals surface area contributed by atoms with Crippen LogP contribution in [-0.2, 0) is 6.54 Å². The molecule has 0 unspecified atom stereocenters. The Kier molecular flexibility index (Phi) is 8.24. The van der Waals surface area contributed by atoms with Crippen molar-refractivity contribution in [3.05, 3.63) is 28.7 Å². The normalized spacial score (nSPS) is 20.8. The zero-order valence-corrected chi connectivity index (χ0v) is 15.8. The molecule has 2 atom stereocenters. The number of hydrogen-bond donors (Lipinski definition) is 2. The zero-order valence-electron chi connectivity index (χ0n) is 12.5. The van der Waals surface area contributed by atoms with Gasteiger partial charge in [-0.3, -0.25) is 0 Å². The highest BCUT2D eigenvalue weighted by atomic mass is 79.9. The number of benzene rings is 1. The van der Waals surface area contributed by atoms with Gasteiger partial charge in [-0.15, -0.1) is 24.8 Å². The number of aliphatic hydroxyl groups is 1. The minimum Gasteiger partial charge on any atom is -0.392 e. The van der Waals surface area contributed by atoms with Gasteiger partial charge in [0.05, 0.1) is 27.9 Å². The Morgan fingerprint density at radius 3 is 2.91 bits per heavy atom. The molecule has 1 aromatic heterocycles. The molecule has 2 heterocycles. The summed E-state index contributed by atoms with van der Waals surface area (Å²) in [5.74, 6) is -0.270. The Morgan fingerprint density at radius 2 is 2.17 bits per heavy atom. The van der Waals surface area contributed by atoms with Gasteiger partial charge in [-0.25, -0.2) is 9.37 Å². The van der Waals surface area contributed by atoms with Gasteiger partial charge in [-0.05, 0) is 54.2 Å². The molecule has 2 N–H and O–H groups in total. The summed E-state index contributed by atoms with van der Waals surface area (Å²) < 4.78 is 16.1. The average Bonchev–Trinajstić information content (AvgIpc) is 2.84. The van der Waals surface area contributed by atoms with Gasteiger partial charge in [0.2, 0.25) is 0 Å². The summed E-state index contributed by atoms with van der Waals surface area (Å²) in [6.45, 7) is 1.76. The van der Waals surface area contributed by atoms with Gasteiger partial charge in [0.1, 0.15) is 5.82 Å². The number of aryl methyl sites for hydroxylation is 1. The summed E-state index contributed by atoms with van der Waals surface area (Å²) in [4.78, 5) is 4.30. The van der Waals surface area contributed by atoms with Crippen LogP contribution in [0.15, 0.2) is 22.9 Å². The van der Waals surface area contributed by atoms with E-state index in [1.54, 1.807) is 12.4 Å². The van der Waals surface area contributed by atoms with Crippen molar-refractivity contribution < 1.29 is 9.50 Å². The molecule has 130 valence electrons. The number of halogens is 4. The van der Waals surface area contributed by atoms with Crippen LogP contribution in [0.25, 0.3) is 11.0 Å². The molecule has 1 aliphatic heterocycles. The third-order valence-electron chi connectivity index (χ3n) is 4.12. The van der Waals surface area contributed by atoms with Gasteiger partial charge in [0.15, 0.2) is 0 Å². The highest BCUT2D eigenvalue weighted by Gasteiger charge is 2.21.